The Bertz CT molecular complexity index is 469. The van der Waals surface area contributed by atoms with Crippen LogP contribution in [0.15, 0.2) is 0 Å². The summed E-state index contributed by atoms with van der Waals surface area (Å²) < 4.78 is 0. The minimum absolute atomic E-state index is 0.0157. The third-order valence-corrected chi connectivity index (χ3v) is 7.05. The van der Waals surface area contributed by atoms with Crippen molar-refractivity contribution in [3.63, 3.8) is 0 Å². The number of hydrogen-bond acceptors (Lipinski definition) is 2. The molecule has 3 unspecified atom stereocenters. The molecule has 104 valence electrons. The van der Waals surface area contributed by atoms with Crippen LogP contribution in [0.3, 0.4) is 0 Å². The lowest BCUT2D eigenvalue weighted by molar-refractivity contribution is -0.138. The molecule has 5 atom stereocenters. The largest absolute Gasteiger partial charge is 0.327 e. The fourth-order valence-electron chi connectivity index (χ4n) is 5.94. The van der Waals surface area contributed by atoms with Crippen molar-refractivity contribution in [3.05, 3.63) is 0 Å². The number of rotatable bonds is 1. The fourth-order valence-corrected chi connectivity index (χ4v) is 5.94. The van der Waals surface area contributed by atoms with Crippen LogP contribution in [-0.2, 0) is 4.79 Å². The minimum Gasteiger partial charge on any atom is -0.312 e. The van der Waals surface area contributed by atoms with Crippen LogP contribution in [-0.4, -0.2) is 41.4 Å². The lowest BCUT2D eigenvalue weighted by Crippen LogP contribution is -2.57. The van der Waals surface area contributed by atoms with Gasteiger partial charge in [0.05, 0.1) is 0 Å². The van der Waals surface area contributed by atoms with E-state index in [9.17, 15) is 9.59 Å². The van der Waals surface area contributed by atoms with Gasteiger partial charge < -0.3 is 4.90 Å². The van der Waals surface area contributed by atoms with Gasteiger partial charge in [0.1, 0.15) is 5.54 Å². The van der Waals surface area contributed by atoms with Crippen LogP contribution in [0.25, 0.3) is 0 Å². The van der Waals surface area contributed by atoms with Crippen LogP contribution >= 0.6 is 0 Å². The molecular formula is C15H22N2O2. The van der Waals surface area contributed by atoms with Crippen LogP contribution < -0.4 is 0 Å². The second kappa shape index (κ2) is 3.15. The molecular weight excluding hydrogens is 240 g/mol. The topological polar surface area (TPSA) is 40.6 Å². The normalized spacial score (nSPS) is 51.8. The van der Waals surface area contributed by atoms with E-state index in [4.69, 9.17) is 0 Å². The molecule has 0 N–H and O–H groups in total. The number of carbonyl (C=O) groups is 2. The Morgan fingerprint density at radius 3 is 2.05 bits per heavy atom. The van der Waals surface area contributed by atoms with Crippen LogP contribution in [0.4, 0.5) is 4.79 Å². The molecule has 4 rings (SSSR count). The fraction of sp³-hybridized carbons (Fsp3) is 0.867. The number of hydrogen-bond donors (Lipinski definition) is 0. The van der Waals surface area contributed by atoms with E-state index in [0.717, 1.165) is 37.0 Å². The van der Waals surface area contributed by atoms with Crippen LogP contribution in [0, 0.1) is 23.2 Å². The molecule has 3 amide bonds. The molecule has 3 saturated carbocycles. The Kier molecular flexibility index (Phi) is 1.95. The number of nitrogens with zero attached hydrogens (tertiary/aromatic N) is 2. The average molecular weight is 262 g/mol. The smallest absolute Gasteiger partial charge is 0.312 e. The Morgan fingerprint density at radius 1 is 1.05 bits per heavy atom. The van der Waals surface area contributed by atoms with Crippen molar-refractivity contribution < 1.29 is 9.59 Å². The van der Waals surface area contributed by atoms with E-state index in [0.29, 0.717) is 0 Å². The van der Waals surface area contributed by atoms with Crippen molar-refractivity contribution >= 4 is 11.9 Å². The molecule has 1 aliphatic heterocycles. The monoisotopic (exact) mass is 262 g/mol. The zero-order chi connectivity index (χ0) is 13.6. The van der Waals surface area contributed by atoms with E-state index in [-0.39, 0.29) is 17.4 Å². The van der Waals surface area contributed by atoms with Crippen molar-refractivity contribution in [1.82, 2.24) is 9.80 Å². The first kappa shape index (κ1) is 11.7. The highest BCUT2D eigenvalue weighted by atomic mass is 16.2. The van der Waals surface area contributed by atoms with Gasteiger partial charge in [0.15, 0.2) is 0 Å². The third kappa shape index (κ3) is 1.05. The maximum atomic E-state index is 12.7. The van der Waals surface area contributed by atoms with Crippen molar-refractivity contribution in [2.75, 3.05) is 14.1 Å². The lowest BCUT2D eigenvalue weighted by atomic mass is 9.66. The molecule has 0 aromatic rings. The quantitative estimate of drug-likeness (QED) is 0.679. The minimum atomic E-state index is -0.606. The average Bonchev–Trinajstić information content (AvgIpc) is 3.03. The predicted octanol–water partition coefficient (Wildman–Crippen LogP) is 2.10. The third-order valence-electron chi connectivity index (χ3n) is 7.05. The molecule has 0 radical (unpaired) electrons. The molecule has 4 aliphatic rings. The molecule has 4 heteroatoms. The molecule has 0 aromatic carbocycles. The number of carbonyl (C=O) groups excluding carboxylic acids is 2. The zero-order valence-corrected chi connectivity index (χ0v) is 12.0. The number of urea groups is 1. The van der Waals surface area contributed by atoms with Gasteiger partial charge in [0, 0.05) is 19.5 Å². The summed E-state index contributed by atoms with van der Waals surface area (Å²) in [7, 11) is 3.44. The SMILES string of the molecule is CN1C(=O)N(C)C(C)(C23CC4[C@H](CC[C@H]4C2)C3)C1=O. The molecule has 2 bridgehead atoms. The summed E-state index contributed by atoms with van der Waals surface area (Å²) in [6.07, 6.45) is 6.16. The molecule has 0 aromatic heterocycles. The number of likely N-dealkylation sites (N-methyl/N-ethyl adjacent to an activating group) is 2. The highest BCUT2D eigenvalue weighted by molar-refractivity contribution is 6.07. The number of amides is 3. The van der Waals surface area contributed by atoms with Crippen molar-refractivity contribution in [1.29, 1.82) is 0 Å². The van der Waals surface area contributed by atoms with Gasteiger partial charge in [0.25, 0.3) is 5.91 Å². The maximum absolute atomic E-state index is 12.7. The van der Waals surface area contributed by atoms with Crippen molar-refractivity contribution in [2.45, 2.75) is 44.6 Å². The second-order valence-corrected chi connectivity index (χ2v) is 7.43. The Balaban J connectivity index is 1.80. The van der Waals surface area contributed by atoms with Gasteiger partial charge in [-0.05, 0) is 56.8 Å². The lowest BCUT2D eigenvalue weighted by Gasteiger charge is -2.45. The van der Waals surface area contributed by atoms with Crippen LogP contribution in [0.5, 0.6) is 0 Å². The summed E-state index contributed by atoms with van der Waals surface area (Å²) in [4.78, 5) is 27.9. The second-order valence-electron chi connectivity index (χ2n) is 7.43. The molecule has 1 heterocycles. The summed E-state index contributed by atoms with van der Waals surface area (Å²) in [5, 5.41) is 0. The van der Waals surface area contributed by atoms with Crippen molar-refractivity contribution in [2.24, 2.45) is 23.2 Å². The molecule has 0 spiro atoms. The first-order valence-electron chi connectivity index (χ1n) is 7.47. The number of fused-ring (bicyclic) bond motifs is 1. The first-order valence-corrected chi connectivity index (χ1v) is 7.47. The molecule has 4 fully saturated rings. The molecule has 1 saturated heterocycles. The van der Waals surface area contributed by atoms with Gasteiger partial charge in [-0.15, -0.1) is 0 Å². The highest BCUT2D eigenvalue weighted by Crippen LogP contribution is 2.70. The maximum Gasteiger partial charge on any atom is 0.327 e. The van der Waals surface area contributed by atoms with E-state index in [1.54, 1.807) is 11.9 Å². The Morgan fingerprint density at radius 2 is 1.63 bits per heavy atom. The summed E-state index contributed by atoms with van der Waals surface area (Å²) >= 11 is 0. The highest BCUT2D eigenvalue weighted by Gasteiger charge is 2.71. The predicted molar refractivity (Wildman–Crippen MR) is 70.3 cm³/mol. The summed E-state index contributed by atoms with van der Waals surface area (Å²) in [6, 6.07) is -0.135. The summed E-state index contributed by atoms with van der Waals surface area (Å²) in [5.74, 6) is 2.48. The van der Waals surface area contributed by atoms with E-state index in [1.807, 2.05) is 14.0 Å². The van der Waals surface area contributed by atoms with E-state index >= 15 is 0 Å². The number of imide groups is 1. The zero-order valence-electron chi connectivity index (χ0n) is 12.0. The van der Waals surface area contributed by atoms with Gasteiger partial charge in [-0.1, -0.05) is 0 Å². The molecule has 3 aliphatic carbocycles. The van der Waals surface area contributed by atoms with Crippen molar-refractivity contribution in [3.8, 4) is 0 Å². The molecule has 19 heavy (non-hydrogen) atoms. The van der Waals surface area contributed by atoms with Crippen LogP contribution in [0.1, 0.15) is 39.0 Å². The van der Waals surface area contributed by atoms with E-state index in [2.05, 4.69) is 0 Å². The van der Waals surface area contributed by atoms with Crippen LogP contribution in [0.2, 0.25) is 0 Å². The molecule has 4 nitrogen and oxygen atoms in total. The van der Waals surface area contributed by atoms with E-state index in [1.165, 1.54) is 17.7 Å². The first-order chi connectivity index (χ1) is 8.91. The Labute approximate surface area is 114 Å². The van der Waals surface area contributed by atoms with Gasteiger partial charge >= 0.3 is 6.03 Å². The summed E-state index contributed by atoms with van der Waals surface area (Å²) in [6.45, 7) is 2.02. The Hall–Kier alpha value is -1.06. The van der Waals surface area contributed by atoms with Gasteiger partial charge in [-0.25, -0.2) is 4.79 Å². The standard InChI is InChI=1S/C15H22N2O2/c1-14(12(18)16(2)13(19)17(14)3)15-6-9-4-5-10(7-15)11(9)8-15/h9-11H,4-8H2,1-3H3/t9-,10+,11?,14?,15?. The van der Waals surface area contributed by atoms with Gasteiger partial charge in [-0.2, -0.15) is 0 Å². The van der Waals surface area contributed by atoms with Gasteiger partial charge in [-0.3, -0.25) is 9.69 Å². The van der Waals surface area contributed by atoms with Gasteiger partial charge in [0.2, 0.25) is 0 Å². The van der Waals surface area contributed by atoms with E-state index < -0.39 is 5.54 Å². The summed E-state index contributed by atoms with van der Waals surface area (Å²) in [5.41, 5.74) is -0.555.